The van der Waals surface area contributed by atoms with Gasteiger partial charge in [-0.2, -0.15) is 0 Å². The molecule has 0 bridgehead atoms. The van der Waals surface area contributed by atoms with Crippen molar-refractivity contribution < 1.29 is 4.79 Å². The van der Waals surface area contributed by atoms with Crippen molar-refractivity contribution >= 4 is 17.2 Å². The van der Waals surface area contributed by atoms with Crippen molar-refractivity contribution in [1.82, 2.24) is 4.98 Å². The summed E-state index contributed by atoms with van der Waals surface area (Å²) in [6.07, 6.45) is 5.80. The maximum Gasteiger partial charge on any atom is 0.228 e. The number of amides is 1. The standard InChI is InChI=1S/C12H18N2OS/c1-8(2)3-4-10-14-7-9(16-10)12(5-6-12)11(13)15/h7-8H,3-6H2,1-2H3,(H2,13,15). The lowest BCUT2D eigenvalue weighted by atomic mass is 10.1. The molecule has 16 heavy (non-hydrogen) atoms. The fourth-order valence-electron chi connectivity index (χ4n) is 1.80. The van der Waals surface area contributed by atoms with Crippen LogP contribution in [0.25, 0.3) is 0 Å². The summed E-state index contributed by atoms with van der Waals surface area (Å²) in [7, 11) is 0. The summed E-state index contributed by atoms with van der Waals surface area (Å²) in [5.41, 5.74) is 5.08. The van der Waals surface area contributed by atoms with Crippen molar-refractivity contribution in [3.63, 3.8) is 0 Å². The van der Waals surface area contributed by atoms with Crippen LogP contribution in [0.4, 0.5) is 0 Å². The van der Waals surface area contributed by atoms with E-state index in [0.29, 0.717) is 5.92 Å². The minimum atomic E-state index is -0.353. The van der Waals surface area contributed by atoms with E-state index in [1.807, 2.05) is 6.20 Å². The first-order valence-electron chi connectivity index (χ1n) is 5.80. The van der Waals surface area contributed by atoms with Gasteiger partial charge in [0.1, 0.15) is 0 Å². The Kier molecular flexibility index (Phi) is 3.02. The SMILES string of the molecule is CC(C)CCc1ncc(C2(C(N)=O)CC2)s1. The van der Waals surface area contributed by atoms with Crippen molar-refractivity contribution in [2.45, 2.75) is 44.9 Å². The molecule has 0 aliphatic heterocycles. The third-order valence-electron chi connectivity index (χ3n) is 3.18. The molecule has 0 radical (unpaired) electrons. The summed E-state index contributed by atoms with van der Waals surface area (Å²) in [6, 6.07) is 0. The van der Waals surface area contributed by atoms with E-state index in [0.717, 1.165) is 35.6 Å². The summed E-state index contributed by atoms with van der Waals surface area (Å²) in [5.74, 6) is 0.505. The molecule has 0 unspecified atom stereocenters. The van der Waals surface area contributed by atoms with Crippen molar-refractivity contribution in [2.75, 3.05) is 0 Å². The van der Waals surface area contributed by atoms with Crippen LogP contribution in [0.1, 0.15) is 43.0 Å². The van der Waals surface area contributed by atoms with Crippen LogP contribution in [0.15, 0.2) is 6.20 Å². The van der Waals surface area contributed by atoms with Crippen LogP contribution in [0.3, 0.4) is 0 Å². The van der Waals surface area contributed by atoms with Gasteiger partial charge >= 0.3 is 0 Å². The number of nitrogens with zero attached hydrogens (tertiary/aromatic N) is 1. The number of nitrogens with two attached hydrogens (primary N) is 1. The zero-order valence-corrected chi connectivity index (χ0v) is 10.6. The Morgan fingerprint density at radius 1 is 1.62 bits per heavy atom. The fourth-order valence-corrected chi connectivity index (χ4v) is 2.98. The van der Waals surface area contributed by atoms with Crippen LogP contribution in [0.2, 0.25) is 0 Å². The first-order chi connectivity index (χ1) is 7.54. The Hall–Kier alpha value is -0.900. The van der Waals surface area contributed by atoms with E-state index in [-0.39, 0.29) is 11.3 Å². The van der Waals surface area contributed by atoms with E-state index in [1.54, 1.807) is 11.3 Å². The van der Waals surface area contributed by atoms with Crippen LogP contribution < -0.4 is 5.73 Å². The fraction of sp³-hybridized carbons (Fsp3) is 0.667. The molecule has 1 heterocycles. The van der Waals surface area contributed by atoms with E-state index >= 15 is 0 Å². The van der Waals surface area contributed by atoms with Gasteiger partial charge in [-0.3, -0.25) is 4.79 Å². The van der Waals surface area contributed by atoms with Crippen molar-refractivity contribution in [1.29, 1.82) is 0 Å². The first kappa shape index (κ1) is 11.6. The van der Waals surface area contributed by atoms with Gasteiger partial charge in [-0.25, -0.2) is 4.98 Å². The molecule has 0 spiro atoms. The number of hydrogen-bond donors (Lipinski definition) is 1. The highest BCUT2D eigenvalue weighted by atomic mass is 32.1. The number of rotatable bonds is 5. The number of carbonyl (C=O) groups is 1. The molecule has 0 aromatic carbocycles. The van der Waals surface area contributed by atoms with Crippen molar-refractivity contribution in [2.24, 2.45) is 11.7 Å². The highest BCUT2D eigenvalue weighted by Gasteiger charge is 2.51. The lowest BCUT2D eigenvalue weighted by Crippen LogP contribution is -2.27. The molecular weight excluding hydrogens is 220 g/mol. The number of aromatic nitrogens is 1. The lowest BCUT2D eigenvalue weighted by Gasteiger charge is -2.05. The van der Waals surface area contributed by atoms with Gasteiger partial charge in [0, 0.05) is 11.1 Å². The van der Waals surface area contributed by atoms with Gasteiger partial charge in [0.15, 0.2) is 0 Å². The van der Waals surface area contributed by atoms with Gasteiger partial charge in [-0.1, -0.05) is 13.8 Å². The number of aryl methyl sites for hydroxylation is 1. The monoisotopic (exact) mass is 238 g/mol. The second kappa shape index (κ2) is 4.17. The summed E-state index contributed by atoms with van der Waals surface area (Å²) in [6.45, 7) is 4.42. The smallest absolute Gasteiger partial charge is 0.228 e. The summed E-state index contributed by atoms with van der Waals surface area (Å²) < 4.78 is 0. The topological polar surface area (TPSA) is 56.0 Å². The summed E-state index contributed by atoms with van der Waals surface area (Å²) in [4.78, 5) is 16.8. The quantitative estimate of drug-likeness (QED) is 0.855. The van der Waals surface area contributed by atoms with Crippen LogP contribution in [0, 0.1) is 5.92 Å². The third kappa shape index (κ3) is 2.12. The second-order valence-corrected chi connectivity index (χ2v) is 6.11. The molecule has 3 nitrogen and oxygen atoms in total. The van der Waals surface area contributed by atoms with E-state index in [1.165, 1.54) is 0 Å². The first-order valence-corrected chi connectivity index (χ1v) is 6.61. The number of hydrogen-bond acceptors (Lipinski definition) is 3. The molecule has 1 fully saturated rings. The molecular formula is C12H18N2OS. The number of primary amides is 1. The van der Waals surface area contributed by atoms with E-state index in [4.69, 9.17) is 5.73 Å². The van der Waals surface area contributed by atoms with Gasteiger partial charge in [0.25, 0.3) is 0 Å². The molecule has 1 aromatic rings. The molecule has 2 rings (SSSR count). The van der Waals surface area contributed by atoms with Gasteiger partial charge in [0.2, 0.25) is 5.91 Å². The molecule has 1 aliphatic carbocycles. The molecule has 0 saturated heterocycles. The predicted molar refractivity (Wildman–Crippen MR) is 65.4 cm³/mol. The highest BCUT2D eigenvalue weighted by Crippen LogP contribution is 2.49. The number of thiazole rings is 1. The molecule has 2 N–H and O–H groups in total. The zero-order valence-electron chi connectivity index (χ0n) is 9.82. The Bertz CT molecular complexity index is 393. The second-order valence-electron chi connectivity index (χ2n) is 5.00. The Labute approximate surface area is 100 Å². The van der Waals surface area contributed by atoms with Gasteiger partial charge in [-0.15, -0.1) is 11.3 Å². The van der Waals surface area contributed by atoms with E-state index < -0.39 is 0 Å². The summed E-state index contributed by atoms with van der Waals surface area (Å²) in [5, 5.41) is 1.14. The molecule has 1 aliphatic rings. The lowest BCUT2D eigenvalue weighted by molar-refractivity contribution is -0.120. The molecule has 1 aromatic heterocycles. The minimum Gasteiger partial charge on any atom is -0.369 e. The molecule has 1 saturated carbocycles. The Morgan fingerprint density at radius 3 is 2.81 bits per heavy atom. The van der Waals surface area contributed by atoms with Gasteiger partial charge < -0.3 is 5.73 Å². The van der Waals surface area contributed by atoms with E-state index in [2.05, 4.69) is 18.8 Å². The maximum absolute atomic E-state index is 11.4. The van der Waals surface area contributed by atoms with Crippen LogP contribution in [-0.4, -0.2) is 10.9 Å². The molecule has 0 atom stereocenters. The highest BCUT2D eigenvalue weighted by molar-refractivity contribution is 7.12. The van der Waals surface area contributed by atoms with Gasteiger partial charge in [-0.05, 0) is 31.6 Å². The molecule has 88 valence electrons. The third-order valence-corrected chi connectivity index (χ3v) is 4.44. The number of carbonyl (C=O) groups excluding carboxylic acids is 1. The van der Waals surface area contributed by atoms with Crippen molar-refractivity contribution in [3.05, 3.63) is 16.1 Å². The van der Waals surface area contributed by atoms with Crippen LogP contribution in [-0.2, 0) is 16.6 Å². The zero-order chi connectivity index (χ0) is 11.8. The molecule has 1 amide bonds. The maximum atomic E-state index is 11.4. The van der Waals surface area contributed by atoms with Crippen molar-refractivity contribution in [3.8, 4) is 0 Å². The predicted octanol–water partition coefficient (Wildman–Crippen LogP) is 2.25. The average molecular weight is 238 g/mol. The Morgan fingerprint density at radius 2 is 2.31 bits per heavy atom. The van der Waals surface area contributed by atoms with Crippen LogP contribution >= 0.6 is 11.3 Å². The summed E-state index contributed by atoms with van der Waals surface area (Å²) >= 11 is 1.66. The largest absolute Gasteiger partial charge is 0.369 e. The normalized spacial score (nSPS) is 17.7. The van der Waals surface area contributed by atoms with Gasteiger partial charge in [0.05, 0.1) is 10.4 Å². The molecule has 4 heteroatoms. The van der Waals surface area contributed by atoms with E-state index in [9.17, 15) is 4.79 Å². The van der Waals surface area contributed by atoms with Crippen LogP contribution in [0.5, 0.6) is 0 Å². The minimum absolute atomic E-state index is 0.188. The average Bonchev–Trinajstić information content (AvgIpc) is 2.90. The Balaban J connectivity index is 2.05.